The highest BCUT2D eigenvalue weighted by Gasteiger charge is 2.19. The lowest BCUT2D eigenvalue weighted by Crippen LogP contribution is -2.41. The Bertz CT molecular complexity index is 453. The molecule has 1 aromatic carbocycles. The molecule has 1 aromatic rings. The molecule has 1 atom stereocenters. The molecule has 0 aliphatic carbocycles. The van der Waals surface area contributed by atoms with Gasteiger partial charge in [0.15, 0.2) is 0 Å². The molecule has 0 saturated carbocycles. The molecule has 104 valence electrons. The molecular formula is C13H16BrNO3S. The van der Waals surface area contributed by atoms with Crippen LogP contribution in [0.3, 0.4) is 0 Å². The van der Waals surface area contributed by atoms with Crippen molar-refractivity contribution in [3.63, 3.8) is 0 Å². The third-order valence-corrected chi connectivity index (χ3v) is 3.63. The maximum absolute atomic E-state index is 11.8. The molecule has 0 saturated heterocycles. The second-order valence-corrected chi connectivity index (χ2v) is 5.95. The molecule has 19 heavy (non-hydrogen) atoms. The average molecular weight is 346 g/mol. The lowest BCUT2D eigenvalue weighted by atomic mass is 10.1. The highest BCUT2D eigenvalue weighted by molar-refractivity contribution is 9.10. The van der Waals surface area contributed by atoms with E-state index in [4.69, 9.17) is 5.11 Å². The first-order chi connectivity index (χ1) is 9.02. The molecule has 1 unspecified atom stereocenters. The third kappa shape index (κ3) is 6.11. The normalized spacial score (nSPS) is 11.9. The summed E-state index contributed by atoms with van der Waals surface area (Å²) in [5, 5.41) is 11.6. The fraction of sp³-hybridized carbons (Fsp3) is 0.385. The molecule has 4 nitrogen and oxygen atoms in total. The maximum atomic E-state index is 11.8. The Balaban J connectivity index is 2.55. The summed E-state index contributed by atoms with van der Waals surface area (Å²) in [7, 11) is 0. The van der Waals surface area contributed by atoms with Gasteiger partial charge in [0.1, 0.15) is 6.04 Å². The van der Waals surface area contributed by atoms with Gasteiger partial charge in [0.2, 0.25) is 5.91 Å². The monoisotopic (exact) mass is 345 g/mol. The maximum Gasteiger partial charge on any atom is 0.326 e. The highest BCUT2D eigenvalue weighted by atomic mass is 79.9. The first-order valence-corrected chi connectivity index (χ1v) is 7.97. The van der Waals surface area contributed by atoms with Gasteiger partial charge >= 0.3 is 5.97 Å². The smallest absolute Gasteiger partial charge is 0.326 e. The van der Waals surface area contributed by atoms with E-state index in [-0.39, 0.29) is 12.3 Å². The van der Waals surface area contributed by atoms with Crippen molar-refractivity contribution >= 4 is 39.6 Å². The fourth-order valence-electron chi connectivity index (χ4n) is 1.57. The molecule has 0 spiro atoms. The number of thioether (sulfide) groups is 1. The van der Waals surface area contributed by atoms with Gasteiger partial charge in [0.05, 0.1) is 6.42 Å². The van der Waals surface area contributed by atoms with Crippen LogP contribution in [0.2, 0.25) is 0 Å². The SMILES string of the molecule is CSCCC(NC(=O)Cc1cccc(Br)c1)C(=O)O. The highest BCUT2D eigenvalue weighted by Crippen LogP contribution is 2.12. The number of aliphatic carboxylic acids is 1. The van der Waals surface area contributed by atoms with Gasteiger partial charge in [-0.25, -0.2) is 4.79 Å². The Labute approximate surface area is 125 Å². The van der Waals surface area contributed by atoms with E-state index in [2.05, 4.69) is 21.2 Å². The van der Waals surface area contributed by atoms with Crippen molar-refractivity contribution in [2.75, 3.05) is 12.0 Å². The Kier molecular flexibility index (Phi) is 6.94. The van der Waals surface area contributed by atoms with E-state index in [1.807, 2.05) is 30.5 Å². The van der Waals surface area contributed by atoms with E-state index in [1.165, 1.54) is 0 Å². The molecule has 2 N–H and O–H groups in total. The second-order valence-electron chi connectivity index (χ2n) is 4.05. The van der Waals surface area contributed by atoms with Crippen LogP contribution in [0.15, 0.2) is 28.7 Å². The van der Waals surface area contributed by atoms with Crippen LogP contribution in [0, 0.1) is 0 Å². The van der Waals surface area contributed by atoms with E-state index < -0.39 is 12.0 Å². The van der Waals surface area contributed by atoms with Crippen molar-refractivity contribution in [1.29, 1.82) is 0 Å². The first kappa shape index (κ1) is 16.0. The topological polar surface area (TPSA) is 66.4 Å². The van der Waals surface area contributed by atoms with Crippen LogP contribution in [0.5, 0.6) is 0 Å². The fourth-order valence-corrected chi connectivity index (χ4v) is 2.49. The summed E-state index contributed by atoms with van der Waals surface area (Å²) in [6, 6.07) is 6.58. The Hall–Kier alpha value is -1.01. The number of carbonyl (C=O) groups excluding carboxylic acids is 1. The molecule has 1 rings (SSSR count). The Morgan fingerprint density at radius 3 is 2.79 bits per heavy atom. The summed E-state index contributed by atoms with van der Waals surface area (Å²) in [6.45, 7) is 0. The zero-order valence-electron chi connectivity index (χ0n) is 10.6. The minimum atomic E-state index is -0.989. The number of rotatable bonds is 7. The number of hydrogen-bond donors (Lipinski definition) is 2. The number of carboxylic acids is 1. The standard InChI is InChI=1S/C13H16BrNO3S/c1-19-6-5-11(13(17)18)15-12(16)8-9-3-2-4-10(14)7-9/h2-4,7,11H,5-6,8H2,1H3,(H,15,16)(H,17,18). The van der Waals surface area contributed by atoms with Gasteiger partial charge in [-0.1, -0.05) is 28.1 Å². The molecular weight excluding hydrogens is 330 g/mol. The predicted octanol–water partition coefficient (Wildman–Crippen LogP) is 2.31. The summed E-state index contributed by atoms with van der Waals surface area (Å²) in [6.07, 6.45) is 2.52. The number of carbonyl (C=O) groups is 2. The van der Waals surface area contributed by atoms with Crippen molar-refractivity contribution in [3.8, 4) is 0 Å². The van der Waals surface area contributed by atoms with Crippen molar-refractivity contribution in [2.45, 2.75) is 18.9 Å². The van der Waals surface area contributed by atoms with Crippen LogP contribution >= 0.6 is 27.7 Å². The largest absolute Gasteiger partial charge is 0.480 e. The number of halogens is 1. The van der Waals surface area contributed by atoms with Crippen molar-refractivity contribution in [2.24, 2.45) is 0 Å². The minimum Gasteiger partial charge on any atom is -0.480 e. The number of nitrogens with one attached hydrogen (secondary N) is 1. The van der Waals surface area contributed by atoms with E-state index in [0.29, 0.717) is 12.2 Å². The predicted molar refractivity (Wildman–Crippen MR) is 80.4 cm³/mol. The number of hydrogen-bond acceptors (Lipinski definition) is 3. The van der Waals surface area contributed by atoms with Gasteiger partial charge in [0, 0.05) is 4.47 Å². The van der Waals surface area contributed by atoms with Gasteiger partial charge < -0.3 is 10.4 Å². The molecule has 0 aromatic heterocycles. The van der Waals surface area contributed by atoms with Gasteiger partial charge in [-0.05, 0) is 36.1 Å². The summed E-state index contributed by atoms with van der Waals surface area (Å²) < 4.78 is 0.898. The molecule has 1 amide bonds. The third-order valence-electron chi connectivity index (χ3n) is 2.50. The van der Waals surface area contributed by atoms with E-state index in [0.717, 1.165) is 10.0 Å². The van der Waals surface area contributed by atoms with Crippen LogP contribution in [-0.4, -0.2) is 35.0 Å². The van der Waals surface area contributed by atoms with Crippen molar-refractivity contribution in [3.05, 3.63) is 34.3 Å². The summed E-state index contributed by atoms with van der Waals surface area (Å²) in [5.74, 6) is -0.558. The number of carboxylic acid groups (broad SMARTS) is 1. The van der Waals surface area contributed by atoms with Crippen molar-refractivity contribution in [1.82, 2.24) is 5.32 Å². The van der Waals surface area contributed by atoms with Crippen LogP contribution < -0.4 is 5.32 Å². The Morgan fingerprint density at radius 1 is 1.47 bits per heavy atom. The van der Waals surface area contributed by atoms with Crippen LogP contribution in [-0.2, 0) is 16.0 Å². The minimum absolute atomic E-state index is 0.183. The second kappa shape index (κ2) is 8.22. The first-order valence-electron chi connectivity index (χ1n) is 5.78. The zero-order chi connectivity index (χ0) is 14.3. The van der Waals surface area contributed by atoms with E-state index in [9.17, 15) is 9.59 Å². The average Bonchev–Trinajstić information content (AvgIpc) is 2.34. The summed E-state index contributed by atoms with van der Waals surface area (Å²) in [5.41, 5.74) is 0.848. The van der Waals surface area contributed by atoms with Gasteiger partial charge in [-0.15, -0.1) is 0 Å². The number of amides is 1. The van der Waals surface area contributed by atoms with Crippen molar-refractivity contribution < 1.29 is 14.7 Å². The van der Waals surface area contributed by atoms with Crippen LogP contribution in [0.1, 0.15) is 12.0 Å². The lowest BCUT2D eigenvalue weighted by molar-refractivity contribution is -0.141. The van der Waals surface area contributed by atoms with Crippen LogP contribution in [0.25, 0.3) is 0 Å². The summed E-state index contributed by atoms with van der Waals surface area (Å²) >= 11 is 4.89. The molecule has 0 radical (unpaired) electrons. The molecule has 0 heterocycles. The van der Waals surface area contributed by atoms with Gasteiger partial charge in [-0.2, -0.15) is 11.8 Å². The van der Waals surface area contributed by atoms with Crippen LogP contribution in [0.4, 0.5) is 0 Å². The lowest BCUT2D eigenvalue weighted by Gasteiger charge is -2.14. The molecule has 0 bridgehead atoms. The number of benzene rings is 1. The van der Waals surface area contributed by atoms with E-state index in [1.54, 1.807) is 11.8 Å². The molecule has 0 aliphatic rings. The Morgan fingerprint density at radius 2 is 2.21 bits per heavy atom. The molecule has 6 heteroatoms. The summed E-state index contributed by atoms with van der Waals surface area (Å²) in [4.78, 5) is 22.8. The molecule has 0 fully saturated rings. The van der Waals surface area contributed by atoms with E-state index >= 15 is 0 Å². The quantitative estimate of drug-likeness (QED) is 0.795. The zero-order valence-corrected chi connectivity index (χ0v) is 13.0. The van der Waals surface area contributed by atoms with Gasteiger partial charge in [-0.3, -0.25) is 4.79 Å². The van der Waals surface area contributed by atoms with Gasteiger partial charge in [0.25, 0.3) is 0 Å². The molecule has 0 aliphatic heterocycles.